The average molecular weight is 319 g/mol. The molecule has 1 aliphatic carbocycles. The quantitative estimate of drug-likeness (QED) is 0.739. The Hall–Kier alpha value is -1.09. The van der Waals surface area contributed by atoms with E-state index < -0.39 is 0 Å². The molecule has 0 saturated heterocycles. The number of thiocarbonyl (C=S) groups is 1. The largest absolute Gasteiger partial charge is 0.360 e. The first-order valence-corrected chi connectivity index (χ1v) is 8.95. The van der Waals surface area contributed by atoms with Gasteiger partial charge in [0.05, 0.1) is 0 Å². The van der Waals surface area contributed by atoms with Gasteiger partial charge >= 0.3 is 0 Å². The Morgan fingerprint density at radius 1 is 1.23 bits per heavy atom. The lowest BCUT2D eigenvalue weighted by Gasteiger charge is -2.39. The normalized spacial score (nSPS) is 22.2. The molecule has 2 N–H and O–H groups in total. The van der Waals surface area contributed by atoms with Crippen molar-refractivity contribution in [2.45, 2.75) is 65.8 Å². The maximum atomic E-state index is 5.46. The molecular formula is C19H30N2S. The molecule has 0 aromatic heterocycles. The van der Waals surface area contributed by atoms with Crippen molar-refractivity contribution in [1.82, 2.24) is 5.32 Å². The van der Waals surface area contributed by atoms with Gasteiger partial charge in [-0.3, -0.25) is 0 Å². The van der Waals surface area contributed by atoms with Crippen molar-refractivity contribution >= 4 is 23.0 Å². The smallest absolute Gasteiger partial charge is 0.170 e. The van der Waals surface area contributed by atoms with Crippen LogP contribution in [0.25, 0.3) is 0 Å². The van der Waals surface area contributed by atoms with Gasteiger partial charge in [0.2, 0.25) is 0 Å². The van der Waals surface area contributed by atoms with Crippen molar-refractivity contribution in [2.75, 3.05) is 5.32 Å². The van der Waals surface area contributed by atoms with Crippen molar-refractivity contribution in [3.8, 4) is 0 Å². The monoisotopic (exact) mass is 318 g/mol. The highest BCUT2D eigenvalue weighted by molar-refractivity contribution is 7.80. The van der Waals surface area contributed by atoms with E-state index in [2.05, 4.69) is 62.6 Å². The van der Waals surface area contributed by atoms with Crippen molar-refractivity contribution in [3.63, 3.8) is 0 Å². The van der Waals surface area contributed by atoms with E-state index in [4.69, 9.17) is 12.2 Å². The average Bonchev–Trinajstić information content (AvgIpc) is 2.47. The summed E-state index contributed by atoms with van der Waals surface area (Å²) in [6.45, 7) is 9.23. The van der Waals surface area contributed by atoms with Gasteiger partial charge in [-0.25, -0.2) is 0 Å². The van der Waals surface area contributed by atoms with Crippen molar-refractivity contribution in [1.29, 1.82) is 0 Å². The van der Waals surface area contributed by atoms with Crippen LogP contribution in [0, 0.1) is 18.3 Å². The lowest BCUT2D eigenvalue weighted by molar-refractivity contribution is 0.141. The van der Waals surface area contributed by atoms with Gasteiger partial charge in [-0.1, -0.05) is 39.3 Å². The molecule has 0 atom stereocenters. The van der Waals surface area contributed by atoms with E-state index in [1.165, 1.54) is 37.7 Å². The van der Waals surface area contributed by atoms with Crippen LogP contribution in [0.2, 0.25) is 0 Å². The maximum Gasteiger partial charge on any atom is 0.170 e. The SMILES string of the molecule is CCC(C)(C)C1CCC(NC(=S)Nc2cccc(C)c2)CC1. The molecule has 1 fully saturated rings. The first-order chi connectivity index (χ1) is 10.4. The Kier molecular flexibility index (Phi) is 5.85. The molecule has 1 aromatic rings. The van der Waals surface area contributed by atoms with E-state index in [1.54, 1.807) is 0 Å². The van der Waals surface area contributed by atoms with Crippen LogP contribution in [0.4, 0.5) is 5.69 Å². The van der Waals surface area contributed by atoms with Crippen molar-refractivity contribution in [2.24, 2.45) is 11.3 Å². The fourth-order valence-corrected chi connectivity index (χ4v) is 3.67. The van der Waals surface area contributed by atoms with Gasteiger partial charge < -0.3 is 10.6 Å². The molecule has 22 heavy (non-hydrogen) atoms. The summed E-state index contributed by atoms with van der Waals surface area (Å²) in [5.74, 6) is 0.855. The zero-order chi connectivity index (χ0) is 16.2. The Morgan fingerprint density at radius 3 is 2.50 bits per heavy atom. The molecule has 0 radical (unpaired) electrons. The van der Waals surface area contributed by atoms with E-state index >= 15 is 0 Å². The first-order valence-electron chi connectivity index (χ1n) is 8.55. The van der Waals surface area contributed by atoms with Crippen LogP contribution in [0.1, 0.15) is 58.4 Å². The molecule has 122 valence electrons. The van der Waals surface area contributed by atoms with E-state index in [0.29, 0.717) is 11.5 Å². The third-order valence-electron chi connectivity index (χ3n) is 5.35. The summed E-state index contributed by atoms with van der Waals surface area (Å²) < 4.78 is 0. The van der Waals surface area contributed by atoms with Crippen LogP contribution in [0.5, 0.6) is 0 Å². The molecule has 0 aliphatic heterocycles. The zero-order valence-corrected chi connectivity index (χ0v) is 15.2. The first kappa shape index (κ1) is 17.3. The molecule has 0 heterocycles. The van der Waals surface area contributed by atoms with Crippen LogP contribution in [-0.2, 0) is 0 Å². The Labute approximate surface area is 141 Å². The summed E-state index contributed by atoms with van der Waals surface area (Å²) in [7, 11) is 0. The number of nitrogens with one attached hydrogen (secondary N) is 2. The Bertz CT molecular complexity index is 502. The highest BCUT2D eigenvalue weighted by atomic mass is 32.1. The lowest BCUT2D eigenvalue weighted by atomic mass is 9.69. The molecule has 2 rings (SSSR count). The highest BCUT2D eigenvalue weighted by Crippen LogP contribution is 2.40. The van der Waals surface area contributed by atoms with Gasteiger partial charge in [0, 0.05) is 11.7 Å². The van der Waals surface area contributed by atoms with E-state index in [-0.39, 0.29) is 0 Å². The van der Waals surface area contributed by atoms with Gasteiger partial charge in [-0.05, 0) is 73.9 Å². The molecule has 1 aromatic carbocycles. The minimum atomic E-state index is 0.477. The molecule has 0 bridgehead atoms. The molecule has 1 saturated carbocycles. The van der Waals surface area contributed by atoms with Gasteiger partial charge in [0.1, 0.15) is 0 Å². The molecule has 3 heteroatoms. The second-order valence-corrected chi connectivity index (χ2v) is 7.77. The van der Waals surface area contributed by atoms with Crippen LogP contribution >= 0.6 is 12.2 Å². The second-order valence-electron chi connectivity index (χ2n) is 7.36. The lowest BCUT2D eigenvalue weighted by Crippen LogP contribution is -2.41. The second kappa shape index (κ2) is 7.45. The number of rotatable bonds is 4. The summed E-state index contributed by atoms with van der Waals surface area (Å²) in [5, 5.41) is 7.55. The summed E-state index contributed by atoms with van der Waals surface area (Å²) in [4.78, 5) is 0. The van der Waals surface area contributed by atoms with Crippen LogP contribution < -0.4 is 10.6 Å². The van der Waals surface area contributed by atoms with Crippen LogP contribution in [0.3, 0.4) is 0 Å². The fourth-order valence-electron chi connectivity index (χ4n) is 3.38. The standard InChI is InChI=1S/C19H30N2S/c1-5-19(3,4)15-9-11-16(12-10-15)20-18(22)21-17-8-6-7-14(2)13-17/h6-8,13,15-16H,5,9-12H2,1-4H3,(H2,20,21,22). The van der Waals surface area contributed by atoms with Gasteiger partial charge in [0.25, 0.3) is 0 Å². The molecule has 0 spiro atoms. The van der Waals surface area contributed by atoms with Gasteiger partial charge in [-0.2, -0.15) is 0 Å². The number of anilines is 1. The summed E-state index contributed by atoms with van der Waals surface area (Å²) in [6.07, 6.45) is 6.34. The van der Waals surface area contributed by atoms with E-state index in [9.17, 15) is 0 Å². The minimum Gasteiger partial charge on any atom is -0.360 e. The number of benzene rings is 1. The summed E-state index contributed by atoms with van der Waals surface area (Å²) in [5.41, 5.74) is 2.79. The summed E-state index contributed by atoms with van der Waals surface area (Å²) >= 11 is 5.46. The molecule has 1 aliphatic rings. The van der Waals surface area contributed by atoms with E-state index in [0.717, 1.165) is 16.7 Å². The topological polar surface area (TPSA) is 24.1 Å². The Morgan fingerprint density at radius 2 is 1.91 bits per heavy atom. The van der Waals surface area contributed by atoms with Crippen molar-refractivity contribution < 1.29 is 0 Å². The summed E-state index contributed by atoms with van der Waals surface area (Å²) in [6, 6.07) is 8.85. The molecule has 2 nitrogen and oxygen atoms in total. The predicted octanol–water partition coefficient (Wildman–Crippen LogP) is 5.28. The van der Waals surface area contributed by atoms with Gasteiger partial charge in [-0.15, -0.1) is 0 Å². The third-order valence-corrected chi connectivity index (χ3v) is 5.57. The third kappa shape index (κ3) is 4.70. The zero-order valence-electron chi connectivity index (χ0n) is 14.4. The van der Waals surface area contributed by atoms with Crippen LogP contribution in [0.15, 0.2) is 24.3 Å². The number of hydrogen-bond donors (Lipinski definition) is 2. The highest BCUT2D eigenvalue weighted by Gasteiger charge is 2.31. The van der Waals surface area contributed by atoms with Gasteiger partial charge in [0.15, 0.2) is 5.11 Å². The molecule has 0 unspecified atom stereocenters. The molecular weight excluding hydrogens is 288 g/mol. The number of hydrogen-bond acceptors (Lipinski definition) is 1. The van der Waals surface area contributed by atoms with E-state index in [1.807, 2.05) is 0 Å². The number of aryl methyl sites for hydroxylation is 1. The van der Waals surface area contributed by atoms with Crippen molar-refractivity contribution in [3.05, 3.63) is 29.8 Å². The predicted molar refractivity (Wildman–Crippen MR) is 100 cm³/mol. The van der Waals surface area contributed by atoms with Crippen LogP contribution in [-0.4, -0.2) is 11.2 Å². The Balaban J connectivity index is 1.80. The minimum absolute atomic E-state index is 0.477. The fraction of sp³-hybridized carbons (Fsp3) is 0.632. The molecule has 0 amide bonds. The maximum absolute atomic E-state index is 5.46.